The molecule has 0 radical (unpaired) electrons. The molecule has 0 saturated carbocycles. The Bertz CT molecular complexity index is 918. The van der Waals surface area contributed by atoms with Gasteiger partial charge in [0.1, 0.15) is 6.61 Å². The molecule has 0 rings (SSSR count). The molecule has 0 fully saturated rings. The van der Waals surface area contributed by atoms with Gasteiger partial charge >= 0.3 is 11.9 Å². The molecule has 0 spiro atoms. The zero-order chi connectivity index (χ0) is 37.3. The number of unbranched alkanes of at least 4 members (excludes halogenated alkanes) is 19. The summed E-state index contributed by atoms with van der Waals surface area (Å²) in [6.07, 6.45) is 49.2. The zero-order valence-electron chi connectivity index (χ0n) is 33.0. The maximum Gasteiger partial charge on any atom is 0.306 e. The molecular formula is C45H78O6. The second kappa shape index (κ2) is 40.3. The fraction of sp³-hybridized carbons (Fsp3) is 0.733. The normalized spacial score (nSPS) is 13.4. The highest BCUT2D eigenvalue weighted by atomic mass is 16.6. The molecule has 0 saturated heterocycles. The highest BCUT2D eigenvalue weighted by molar-refractivity contribution is 5.70. The highest BCUT2D eigenvalue weighted by Crippen LogP contribution is 2.15. The van der Waals surface area contributed by atoms with E-state index >= 15 is 0 Å². The van der Waals surface area contributed by atoms with Crippen LogP contribution in [0.3, 0.4) is 0 Å². The molecule has 2 N–H and O–H groups in total. The van der Waals surface area contributed by atoms with Crippen molar-refractivity contribution in [2.45, 2.75) is 199 Å². The maximum atomic E-state index is 12.2. The van der Waals surface area contributed by atoms with Crippen molar-refractivity contribution >= 4 is 11.9 Å². The summed E-state index contributed by atoms with van der Waals surface area (Å²) in [5.74, 6) is -0.680. The summed E-state index contributed by atoms with van der Waals surface area (Å²) in [5, 5.41) is 19.3. The van der Waals surface area contributed by atoms with Crippen molar-refractivity contribution in [1.29, 1.82) is 0 Å². The Labute approximate surface area is 313 Å². The van der Waals surface area contributed by atoms with Crippen molar-refractivity contribution in [2.75, 3.05) is 13.2 Å². The molecular weight excluding hydrogens is 636 g/mol. The van der Waals surface area contributed by atoms with Gasteiger partial charge in [0.15, 0.2) is 6.10 Å². The van der Waals surface area contributed by atoms with E-state index in [1.807, 2.05) is 37.3 Å². The highest BCUT2D eigenvalue weighted by Gasteiger charge is 2.16. The fourth-order valence-electron chi connectivity index (χ4n) is 5.73. The number of hydrogen-bond acceptors (Lipinski definition) is 6. The van der Waals surface area contributed by atoms with E-state index in [1.165, 1.54) is 103 Å². The molecule has 51 heavy (non-hydrogen) atoms. The minimum atomic E-state index is -0.814. The van der Waals surface area contributed by atoms with Gasteiger partial charge in [-0.25, -0.2) is 0 Å². The number of ether oxygens (including phenoxy) is 2. The van der Waals surface area contributed by atoms with Crippen molar-refractivity contribution < 1.29 is 29.3 Å². The second-order valence-electron chi connectivity index (χ2n) is 13.9. The summed E-state index contributed by atoms with van der Waals surface area (Å²) >= 11 is 0. The van der Waals surface area contributed by atoms with Crippen LogP contribution in [0.5, 0.6) is 0 Å². The molecule has 0 amide bonds. The lowest BCUT2D eigenvalue weighted by atomic mass is 10.0. The van der Waals surface area contributed by atoms with Crippen molar-refractivity contribution in [3.05, 3.63) is 60.8 Å². The third kappa shape index (κ3) is 38.6. The van der Waals surface area contributed by atoms with E-state index in [1.54, 1.807) is 0 Å². The number of aliphatic hydroxyl groups is 2. The molecule has 294 valence electrons. The fourth-order valence-corrected chi connectivity index (χ4v) is 5.73. The average Bonchev–Trinajstić information content (AvgIpc) is 3.13. The maximum absolute atomic E-state index is 12.2. The van der Waals surface area contributed by atoms with E-state index in [0.29, 0.717) is 19.3 Å². The molecule has 2 atom stereocenters. The Kier molecular flexibility index (Phi) is 38.4. The van der Waals surface area contributed by atoms with Crippen LogP contribution >= 0.6 is 0 Å². The number of aliphatic hydroxyl groups excluding tert-OH is 2. The minimum absolute atomic E-state index is 0.0995. The number of carbonyl (C=O) groups is 2. The van der Waals surface area contributed by atoms with Crippen LogP contribution in [0.2, 0.25) is 0 Å². The standard InChI is InChI=1S/C45H78O6/c1-3-5-7-8-9-10-11-12-13-14-15-16-17-18-22-25-28-31-34-38-44(48)50-41-43(40-46)51-45(49)39-35-32-29-26-23-20-19-21-24-27-30-33-37-42(47)36-6-4-2/h6,19-20,24,26-27,29-30,33,36,42-43,46-47H,3-5,7-18,21-23,25,28,31-32,34-35,37-41H2,1-2H3/b20-19-,27-24-,29-26-,33-30+,36-6-/t42?,43-/m0/s1. The van der Waals surface area contributed by atoms with Gasteiger partial charge < -0.3 is 19.7 Å². The van der Waals surface area contributed by atoms with Crippen LogP contribution in [0, 0.1) is 0 Å². The van der Waals surface area contributed by atoms with Crippen molar-refractivity contribution in [3.8, 4) is 0 Å². The largest absolute Gasteiger partial charge is 0.462 e. The van der Waals surface area contributed by atoms with Crippen molar-refractivity contribution in [3.63, 3.8) is 0 Å². The molecule has 0 aromatic rings. The van der Waals surface area contributed by atoms with Gasteiger partial charge in [-0.2, -0.15) is 0 Å². The third-order valence-corrected chi connectivity index (χ3v) is 8.90. The Morgan fingerprint density at radius 1 is 0.569 bits per heavy atom. The zero-order valence-corrected chi connectivity index (χ0v) is 33.0. The molecule has 1 unspecified atom stereocenters. The van der Waals surface area contributed by atoms with E-state index in [-0.39, 0.29) is 31.6 Å². The third-order valence-electron chi connectivity index (χ3n) is 8.90. The molecule has 0 aromatic carbocycles. The number of carbonyl (C=O) groups excluding carboxylic acids is 2. The van der Waals surface area contributed by atoms with Crippen LogP contribution in [0.4, 0.5) is 0 Å². The number of rotatable bonds is 37. The topological polar surface area (TPSA) is 93.1 Å². The quantitative estimate of drug-likeness (QED) is 0.0288. The Hall–Kier alpha value is -2.44. The van der Waals surface area contributed by atoms with Crippen LogP contribution < -0.4 is 0 Å². The van der Waals surface area contributed by atoms with Crippen LogP contribution in [-0.2, 0) is 19.1 Å². The first-order chi connectivity index (χ1) is 25.0. The summed E-state index contributed by atoms with van der Waals surface area (Å²) in [4.78, 5) is 24.3. The van der Waals surface area contributed by atoms with E-state index in [9.17, 15) is 19.8 Å². The van der Waals surface area contributed by atoms with Gasteiger partial charge in [-0.05, 0) is 44.9 Å². The summed E-state index contributed by atoms with van der Waals surface area (Å²) in [7, 11) is 0. The van der Waals surface area contributed by atoms with Crippen LogP contribution in [-0.4, -0.2) is 47.6 Å². The van der Waals surface area contributed by atoms with E-state index < -0.39 is 12.2 Å². The summed E-state index contributed by atoms with van der Waals surface area (Å²) in [5.41, 5.74) is 0. The summed E-state index contributed by atoms with van der Waals surface area (Å²) in [6.45, 7) is 3.86. The van der Waals surface area contributed by atoms with Gasteiger partial charge in [0, 0.05) is 12.8 Å². The first kappa shape index (κ1) is 48.6. The van der Waals surface area contributed by atoms with Gasteiger partial charge in [-0.15, -0.1) is 0 Å². The van der Waals surface area contributed by atoms with Gasteiger partial charge in [0.25, 0.3) is 0 Å². The lowest BCUT2D eigenvalue weighted by molar-refractivity contribution is -0.161. The number of esters is 2. The van der Waals surface area contributed by atoms with Crippen molar-refractivity contribution in [1.82, 2.24) is 0 Å². The van der Waals surface area contributed by atoms with Gasteiger partial charge in [0.2, 0.25) is 0 Å². The van der Waals surface area contributed by atoms with Gasteiger partial charge in [-0.1, -0.05) is 190 Å². The predicted octanol–water partition coefficient (Wildman–Crippen LogP) is 12.1. The van der Waals surface area contributed by atoms with E-state index in [4.69, 9.17) is 9.47 Å². The molecule has 0 bridgehead atoms. The van der Waals surface area contributed by atoms with Gasteiger partial charge in [-0.3, -0.25) is 9.59 Å². The predicted molar refractivity (Wildman–Crippen MR) is 216 cm³/mol. The molecule has 0 aliphatic rings. The Morgan fingerprint density at radius 2 is 1.06 bits per heavy atom. The molecule has 6 nitrogen and oxygen atoms in total. The second-order valence-corrected chi connectivity index (χ2v) is 13.9. The minimum Gasteiger partial charge on any atom is -0.462 e. The first-order valence-electron chi connectivity index (χ1n) is 21.0. The lowest BCUT2D eigenvalue weighted by Crippen LogP contribution is -2.28. The smallest absolute Gasteiger partial charge is 0.306 e. The molecule has 0 aliphatic carbocycles. The summed E-state index contributed by atoms with van der Waals surface area (Å²) < 4.78 is 10.6. The SMILES string of the molecule is CC/C=C\C(O)C/C=C/C=C\C/C=C\C/C=C\CCCC(=O)O[C@@H](CO)COC(=O)CCCCCCCCCCCCCCCCCCCCC. The number of hydrogen-bond donors (Lipinski definition) is 2. The molecule has 6 heteroatoms. The monoisotopic (exact) mass is 715 g/mol. The number of allylic oxidation sites excluding steroid dienone is 8. The molecule has 0 heterocycles. The van der Waals surface area contributed by atoms with Crippen LogP contribution in [0.1, 0.15) is 187 Å². The molecule has 0 aliphatic heterocycles. The Balaban J connectivity index is 3.65. The van der Waals surface area contributed by atoms with Gasteiger partial charge in [0.05, 0.1) is 12.7 Å². The van der Waals surface area contributed by atoms with E-state index in [2.05, 4.69) is 37.3 Å². The summed E-state index contributed by atoms with van der Waals surface area (Å²) in [6, 6.07) is 0. The lowest BCUT2D eigenvalue weighted by Gasteiger charge is -2.15. The Morgan fingerprint density at radius 3 is 1.61 bits per heavy atom. The first-order valence-corrected chi connectivity index (χ1v) is 21.0. The molecule has 0 aromatic heterocycles. The van der Waals surface area contributed by atoms with Crippen molar-refractivity contribution in [2.24, 2.45) is 0 Å². The van der Waals surface area contributed by atoms with Crippen LogP contribution in [0.25, 0.3) is 0 Å². The van der Waals surface area contributed by atoms with Crippen LogP contribution in [0.15, 0.2) is 60.8 Å². The van der Waals surface area contributed by atoms with E-state index in [0.717, 1.165) is 44.9 Å². The average molecular weight is 715 g/mol.